The Labute approximate surface area is 106 Å². The van der Waals surface area contributed by atoms with Gasteiger partial charge in [-0.15, -0.1) is 0 Å². The number of aromatic nitrogens is 2. The highest BCUT2D eigenvalue weighted by Crippen LogP contribution is 2.23. The van der Waals surface area contributed by atoms with E-state index in [0.717, 1.165) is 23.8 Å². The Morgan fingerprint density at radius 2 is 2.00 bits per heavy atom. The van der Waals surface area contributed by atoms with Gasteiger partial charge < -0.3 is 5.32 Å². The second-order valence-corrected chi connectivity index (χ2v) is 4.64. The van der Waals surface area contributed by atoms with Crippen molar-refractivity contribution in [3.8, 4) is 0 Å². The molecule has 1 aromatic heterocycles. The van der Waals surface area contributed by atoms with Crippen LogP contribution in [0, 0.1) is 0 Å². The molecule has 0 saturated heterocycles. The van der Waals surface area contributed by atoms with Crippen LogP contribution in [-0.2, 0) is 6.42 Å². The summed E-state index contributed by atoms with van der Waals surface area (Å²) in [4.78, 5) is 4.44. The second-order valence-electron chi connectivity index (χ2n) is 3.89. The summed E-state index contributed by atoms with van der Waals surface area (Å²) < 4.78 is 4.28. The predicted octanol–water partition coefficient (Wildman–Crippen LogP) is 3.66. The van der Waals surface area contributed by atoms with Crippen molar-refractivity contribution in [2.45, 2.75) is 32.7 Å². The Kier molecular flexibility index (Phi) is 4.09. The predicted molar refractivity (Wildman–Crippen MR) is 72.4 cm³/mol. The third kappa shape index (κ3) is 3.03. The van der Waals surface area contributed by atoms with E-state index in [4.69, 9.17) is 0 Å². The first kappa shape index (κ1) is 12.0. The summed E-state index contributed by atoms with van der Waals surface area (Å²) in [6.45, 7) is 4.24. The van der Waals surface area contributed by atoms with Crippen molar-refractivity contribution in [1.82, 2.24) is 9.36 Å². The largest absolute Gasteiger partial charge is 0.353 e. The minimum atomic E-state index is 0.314. The van der Waals surface area contributed by atoms with Gasteiger partial charge in [0.1, 0.15) is 5.82 Å². The summed E-state index contributed by atoms with van der Waals surface area (Å²) in [6.07, 6.45) is 1.92. The maximum Gasteiger partial charge on any atom is 0.203 e. The van der Waals surface area contributed by atoms with Crippen molar-refractivity contribution in [2.75, 3.05) is 5.32 Å². The van der Waals surface area contributed by atoms with E-state index in [1.807, 2.05) is 6.07 Å². The lowest BCUT2D eigenvalue weighted by Crippen LogP contribution is -2.09. The first-order valence-electron chi connectivity index (χ1n) is 5.97. The van der Waals surface area contributed by atoms with E-state index >= 15 is 0 Å². The van der Waals surface area contributed by atoms with E-state index in [1.165, 1.54) is 17.1 Å². The summed E-state index contributed by atoms with van der Waals surface area (Å²) in [5.74, 6) is 0.917. The van der Waals surface area contributed by atoms with E-state index in [2.05, 4.69) is 52.8 Å². The Balaban J connectivity index is 2.10. The highest BCUT2D eigenvalue weighted by Gasteiger charge is 2.11. The lowest BCUT2D eigenvalue weighted by Gasteiger charge is -2.16. The number of aryl methyl sites for hydroxylation is 1. The second kappa shape index (κ2) is 5.77. The monoisotopic (exact) mass is 247 g/mol. The highest BCUT2D eigenvalue weighted by molar-refractivity contribution is 7.09. The average molecular weight is 247 g/mol. The topological polar surface area (TPSA) is 37.8 Å². The van der Waals surface area contributed by atoms with Gasteiger partial charge in [0.25, 0.3) is 0 Å². The smallest absolute Gasteiger partial charge is 0.203 e. The number of anilines is 1. The van der Waals surface area contributed by atoms with E-state index in [1.54, 1.807) is 0 Å². The zero-order valence-electron chi connectivity index (χ0n) is 10.2. The van der Waals surface area contributed by atoms with Crippen LogP contribution in [0.2, 0.25) is 0 Å². The fraction of sp³-hybridized carbons (Fsp3) is 0.385. The van der Waals surface area contributed by atoms with E-state index in [-0.39, 0.29) is 0 Å². The Morgan fingerprint density at radius 1 is 1.24 bits per heavy atom. The first-order chi connectivity index (χ1) is 8.33. The molecule has 1 aromatic carbocycles. The van der Waals surface area contributed by atoms with Crippen molar-refractivity contribution in [3.63, 3.8) is 0 Å². The molecule has 0 aliphatic rings. The van der Waals surface area contributed by atoms with Crippen LogP contribution in [0.5, 0.6) is 0 Å². The molecule has 2 aromatic rings. The van der Waals surface area contributed by atoms with Crippen molar-refractivity contribution in [3.05, 3.63) is 41.7 Å². The van der Waals surface area contributed by atoms with Crippen LogP contribution in [-0.4, -0.2) is 9.36 Å². The van der Waals surface area contributed by atoms with Crippen LogP contribution in [0.15, 0.2) is 30.3 Å². The van der Waals surface area contributed by atoms with Gasteiger partial charge in [-0.05, 0) is 12.0 Å². The molecule has 0 aliphatic carbocycles. The fourth-order valence-electron chi connectivity index (χ4n) is 1.71. The number of nitrogens with zero attached hydrogens (tertiary/aromatic N) is 2. The van der Waals surface area contributed by atoms with Crippen LogP contribution in [0.25, 0.3) is 0 Å². The van der Waals surface area contributed by atoms with Gasteiger partial charge >= 0.3 is 0 Å². The lowest BCUT2D eigenvalue weighted by atomic mass is 10.1. The van der Waals surface area contributed by atoms with E-state index in [9.17, 15) is 0 Å². The Morgan fingerprint density at radius 3 is 2.59 bits per heavy atom. The third-order valence-electron chi connectivity index (χ3n) is 2.69. The Hall–Kier alpha value is -1.42. The minimum Gasteiger partial charge on any atom is -0.353 e. The van der Waals surface area contributed by atoms with Crippen molar-refractivity contribution in [2.24, 2.45) is 0 Å². The molecular weight excluding hydrogens is 230 g/mol. The molecule has 1 atom stereocenters. The highest BCUT2D eigenvalue weighted by atomic mass is 32.1. The molecule has 1 unspecified atom stereocenters. The molecule has 2 rings (SSSR count). The molecule has 0 saturated carbocycles. The van der Waals surface area contributed by atoms with Gasteiger partial charge in [0.15, 0.2) is 0 Å². The molecule has 0 amide bonds. The average Bonchev–Trinajstić information content (AvgIpc) is 2.84. The fourth-order valence-corrected chi connectivity index (χ4v) is 2.41. The molecule has 1 N–H and O–H groups in total. The molecule has 0 spiro atoms. The standard InChI is InChI=1S/C13H17N3S/c1-3-11(10-8-6-5-7-9-10)14-13-15-12(4-2)16-17-13/h5-9,11H,3-4H2,1-2H3,(H,14,15,16). The normalized spacial score (nSPS) is 12.4. The van der Waals surface area contributed by atoms with Crippen LogP contribution in [0.4, 0.5) is 5.13 Å². The molecule has 0 bridgehead atoms. The van der Waals surface area contributed by atoms with E-state index in [0.29, 0.717) is 6.04 Å². The van der Waals surface area contributed by atoms with Crippen molar-refractivity contribution < 1.29 is 0 Å². The first-order valence-corrected chi connectivity index (χ1v) is 6.74. The van der Waals surface area contributed by atoms with Gasteiger partial charge in [-0.25, -0.2) is 4.98 Å². The number of rotatable bonds is 5. The molecule has 90 valence electrons. The lowest BCUT2D eigenvalue weighted by molar-refractivity contribution is 0.747. The number of nitrogens with one attached hydrogen (secondary N) is 1. The molecule has 0 fully saturated rings. The van der Waals surface area contributed by atoms with Gasteiger partial charge in [0.2, 0.25) is 5.13 Å². The summed E-state index contributed by atoms with van der Waals surface area (Å²) >= 11 is 1.44. The van der Waals surface area contributed by atoms with Crippen molar-refractivity contribution in [1.29, 1.82) is 0 Å². The summed E-state index contributed by atoms with van der Waals surface area (Å²) in [7, 11) is 0. The van der Waals surface area contributed by atoms with Gasteiger partial charge in [-0.1, -0.05) is 44.2 Å². The molecule has 1 heterocycles. The number of hydrogen-bond donors (Lipinski definition) is 1. The maximum absolute atomic E-state index is 4.44. The molecular formula is C13H17N3S. The van der Waals surface area contributed by atoms with Gasteiger partial charge in [0.05, 0.1) is 6.04 Å². The number of hydrogen-bond acceptors (Lipinski definition) is 4. The summed E-state index contributed by atoms with van der Waals surface area (Å²) in [5.41, 5.74) is 1.29. The zero-order valence-corrected chi connectivity index (χ0v) is 11.0. The minimum absolute atomic E-state index is 0.314. The van der Waals surface area contributed by atoms with Crippen LogP contribution < -0.4 is 5.32 Å². The zero-order chi connectivity index (χ0) is 12.1. The molecule has 4 heteroatoms. The van der Waals surface area contributed by atoms with Crippen LogP contribution >= 0.6 is 11.5 Å². The Bertz CT molecular complexity index is 453. The molecule has 0 aliphatic heterocycles. The maximum atomic E-state index is 4.44. The van der Waals surface area contributed by atoms with Gasteiger partial charge in [-0.2, -0.15) is 4.37 Å². The summed E-state index contributed by atoms with van der Waals surface area (Å²) in [6, 6.07) is 10.8. The van der Waals surface area contributed by atoms with Gasteiger partial charge in [0, 0.05) is 18.0 Å². The van der Waals surface area contributed by atoms with Crippen LogP contribution in [0.3, 0.4) is 0 Å². The van der Waals surface area contributed by atoms with Gasteiger partial charge in [-0.3, -0.25) is 0 Å². The number of benzene rings is 1. The summed E-state index contributed by atoms with van der Waals surface area (Å²) in [5, 5.41) is 4.36. The molecule has 17 heavy (non-hydrogen) atoms. The SMILES string of the molecule is CCc1nsc(NC(CC)c2ccccc2)n1. The molecule has 3 nitrogen and oxygen atoms in total. The van der Waals surface area contributed by atoms with Crippen molar-refractivity contribution >= 4 is 16.7 Å². The van der Waals surface area contributed by atoms with Crippen LogP contribution in [0.1, 0.15) is 37.7 Å². The quantitative estimate of drug-likeness (QED) is 0.876. The third-order valence-corrected chi connectivity index (χ3v) is 3.38. The molecule has 0 radical (unpaired) electrons. The van der Waals surface area contributed by atoms with E-state index < -0.39 is 0 Å².